The zero-order valence-corrected chi connectivity index (χ0v) is 5.66. The summed E-state index contributed by atoms with van der Waals surface area (Å²) in [5.74, 6) is 0.333. The number of rotatable bonds is 0. The highest BCUT2D eigenvalue weighted by Crippen LogP contribution is 2.18. The first kappa shape index (κ1) is 6.14. The van der Waals surface area contributed by atoms with Gasteiger partial charge in [-0.3, -0.25) is 4.79 Å². The molecule has 46 valence electrons. The molecule has 1 aliphatic rings. The SMILES string of the molecule is O=C1CCCCC1S. The highest BCUT2D eigenvalue weighted by Gasteiger charge is 2.17. The van der Waals surface area contributed by atoms with Crippen molar-refractivity contribution in [1.29, 1.82) is 0 Å². The number of hydrogen-bond donors (Lipinski definition) is 1. The van der Waals surface area contributed by atoms with Crippen molar-refractivity contribution in [1.82, 2.24) is 0 Å². The maximum atomic E-state index is 10.7. The molecular formula is C6H10OS. The zero-order valence-electron chi connectivity index (χ0n) is 4.76. The molecule has 0 aromatic heterocycles. The van der Waals surface area contributed by atoms with E-state index in [1.807, 2.05) is 0 Å². The Labute approximate surface area is 54.9 Å². The molecule has 0 spiro atoms. The fourth-order valence-corrected chi connectivity index (χ4v) is 1.28. The second kappa shape index (κ2) is 2.53. The topological polar surface area (TPSA) is 17.1 Å². The molecule has 0 amide bonds. The first-order valence-corrected chi connectivity index (χ1v) is 3.53. The van der Waals surface area contributed by atoms with E-state index >= 15 is 0 Å². The van der Waals surface area contributed by atoms with Crippen LogP contribution >= 0.6 is 12.6 Å². The lowest BCUT2D eigenvalue weighted by atomic mass is 9.99. The van der Waals surface area contributed by atoms with E-state index in [1.54, 1.807) is 0 Å². The number of carbonyl (C=O) groups excluding carboxylic acids is 1. The summed E-state index contributed by atoms with van der Waals surface area (Å²) in [6.07, 6.45) is 4.01. The van der Waals surface area contributed by atoms with Crippen LogP contribution in [0.2, 0.25) is 0 Å². The van der Waals surface area contributed by atoms with Crippen molar-refractivity contribution < 1.29 is 4.79 Å². The molecule has 0 radical (unpaired) electrons. The smallest absolute Gasteiger partial charge is 0.145 e. The molecule has 0 heterocycles. The molecule has 1 aliphatic carbocycles. The Kier molecular flexibility index (Phi) is 1.95. The number of carbonyl (C=O) groups is 1. The number of hydrogen-bond acceptors (Lipinski definition) is 2. The average molecular weight is 130 g/mol. The fourth-order valence-electron chi connectivity index (χ4n) is 0.965. The number of thiol groups is 1. The molecule has 1 nitrogen and oxygen atoms in total. The summed E-state index contributed by atoms with van der Waals surface area (Å²) < 4.78 is 0. The van der Waals surface area contributed by atoms with E-state index in [4.69, 9.17) is 0 Å². The Morgan fingerprint density at radius 1 is 1.50 bits per heavy atom. The molecule has 0 N–H and O–H groups in total. The van der Waals surface area contributed by atoms with Gasteiger partial charge in [0.2, 0.25) is 0 Å². The Balaban J connectivity index is 2.39. The Morgan fingerprint density at radius 3 is 2.62 bits per heavy atom. The number of ketones is 1. The lowest BCUT2D eigenvalue weighted by Gasteiger charge is -2.13. The van der Waals surface area contributed by atoms with E-state index in [-0.39, 0.29) is 5.25 Å². The van der Waals surface area contributed by atoms with E-state index in [1.165, 1.54) is 6.42 Å². The van der Waals surface area contributed by atoms with Crippen LogP contribution in [-0.4, -0.2) is 11.0 Å². The Morgan fingerprint density at radius 2 is 2.25 bits per heavy atom. The Bertz CT molecular complexity index is 101. The van der Waals surface area contributed by atoms with Crippen molar-refractivity contribution in [2.45, 2.75) is 30.9 Å². The van der Waals surface area contributed by atoms with Crippen molar-refractivity contribution in [2.24, 2.45) is 0 Å². The van der Waals surface area contributed by atoms with Gasteiger partial charge in [0.15, 0.2) is 0 Å². The molecule has 0 aromatic rings. The van der Waals surface area contributed by atoms with Crippen LogP contribution in [0.1, 0.15) is 25.7 Å². The summed E-state index contributed by atoms with van der Waals surface area (Å²) in [5.41, 5.74) is 0. The normalized spacial score (nSPS) is 30.6. The van der Waals surface area contributed by atoms with Crippen molar-refractivity contribution in [2.75, 3.05) is 0 Å². The van der Waals surface area contributed by atoms with Crippen LogP contribution in [0.25, 0.3) is 0 Å². The van der Waals surface area contributed by atoms with Crippen LogP contribution in [-0.2, 0) is 4.79 Å². The monoisotopic (exact) mass is 130 g/mol. The highest BCUT2D eigenvalue weighted by molar-refractivity contribution is 7.81. The summed E-state index contributed by atoms with van der Waals surface area (Å²) in [5, 5.41) is 0.0590. The fraction of sp³-hybridized carbons (Fsp3) is 0.833. The van der Waals surface area contributed by atoms with Crippen molar-refractivity contribution in [3.63, 3.8) is 0 Å². The third kappa shape index (κ3) is 1.25. The molecule has 1 unspecified atom stereocenters. The highest BCUT2D eigenvalue weighted by atomic mass is 32.1. The van der Waals surface area contributed by atoms with Gasteiger partial charge in [0.1, 0.15) is 5.78 Å². The molecule has 1 rings (SSSR count). The molecule has 1 saturated carbocycles. The van der Waals surface area contributed by atoms with Crippen LogP contribution in [0.5, 0.6) is 0 Å². The van der Waals surface area contributed by atoms with E-state index in [0.29, 0.717) is 5.78 Å². The third-order valence-corrected chi connectivity index (χ3v) is 2.07. The molecule has 1 atom stereocenters. The van der Waals surface area contributed by atoms with E-state index in [0.717, 1.165) is 19.3 Å². The minimum atomic E-state index is 0.0590. The quantitative estimate of drug-likeness (QED) is 0.491. The lowest BCUT2D eigenvalue weighted by molar-refractivity contribution is -0.119. The first-order valence-electron chi connectivity index (χ1n) is 3.01. The maximum absolute atomic E-state index is 10.7. The van der Waals surface area contributed by atoms with Crippen molar-refractivity contribution in [3.8, 4) is 0 Å². The largest absolute Gasteiger partial charge is 0.298 e. The molecule has 0 aliphatic heterocycles. The molecule has 1 fully saturated rings. The molecule has 0 aromatic carbocycles. The van der Waals surface area contributed by atoms with E-state index in [9.17, 15) is 4.79 Å². The summed E-state index contributed by atoms with van der Waals surface area (Å²) in [6, 6.07) is 0. The van der Waals surface area contributed by atoms with E-state index < -0.39 is 0 Å². The number of Topliss-reactive ketones (excluding diaryl/α,β-unsaturated/α-hetero) is 1. The summed E-state index contributed by atoms with van der Waals surface area (Å²) in [4.78, 5) is 10.7. The molecule has 2 heteroatoms. The van der Waals surface area contributed by atoms with Crippen LogP contribution in [0.3, 0.4) is 0 Å². The maximum Gasteiger partial charge on any atom is 0.145 e. The molecule has 0 bridgehead atoms. The minimum Gasteiger partial charge on any atom is -0.298 e. The van der Waals surface area contributed by atoms with Gasteiger partial charge < -0.3 is 0 Å². The van der Waals surface area contributed by atoms with Gasteiger partial charge in [-0.1, -0.05) is 6.42 Å². The van der Waals surface area contributed by atoms with Crippen LogP contribution in [0, 0.1) is 0 Å². The van der Waals surface area contributed by atoms with Gasteiger partial charge in [-0.25, -0.2) is 0 Å². The van der Waals surface area contributed by atoms with Crippen LogP contribution in [0.4, 0.5) is 0 Å². The third-order valence-electron chi connectivity index (χ3n) is 1.52. The first-order chi connectivity index (χ1) is 3.80. The van der Waals surface area contributed by atoms with Gasteiger partial charge >= 0.3 is 0 Å². The Hall–Kier alpha value is 0.0200. The van der Waals surface area contributed by atoms with Gasteiger partial charge in [0.05, 0.1) is 5.25 Å². The summed E-state index contributed by atoms with van der Waals surface area (Å²) >= 11 is 4.11. The molecule has 8 heavy (non-hydrogen) atoms. The van der Waals surface area contributed by atoms with E-state index in [2.05, 4.69) is 12.6 Å². The minimum absolute atomic E-state index is 0.0590. The van der Waals surface area contributed by atoms with Gasteiger partial charge in [-0.05, 0) is 12.8 Å². The van der Waals surface area contributed by atoms with Gasteiger partial charge in [0.25, 0.3) is 0 Å². The van der Waals surface area contributed by atoms with Crippen LogP contribution in [0.15, 0.2) is 0 Å². The second-order valence-corrected chi connectivity index (χ2v) is 2.85. The molecular weight excluding hydrogens is 120 g/mol. The van der Waals surface area contributed by atoms with Crippen molar-refractivity contribution in [3.05, 3.63) is 0 Å². The predicted molar refractivity (Wildman–Crippen MR) is 36.2 cm³/mol. The lowest BCUT2D eigenvalue weighted by Crippen LogP contribution is -2.18. The van der Waals surface area contributed by atoms with Crippen molar-refractivity contribution >= 4 is 18.4 Å². The summed E-state index contributed by atoms with van der Waals surface area (Å²) in [7, 11) is 0. The zero-order chi connectivity index (χ0) is 5.98. The predicted octanol–water partition coefficient (Wildman–Crippen LogP) is 1.43. The average Bonchev–Trinajstić information content (AvgIpc) is 1.77. The van der Waals surface area contributed by atoms with Gasteiger partial charge in [-0.15, -0.1) is 0 Å². The van der Waals surface area contributed by atoms with Gasteiger partial charge in [-0.2, -0.15) is 12.6 Å². The van der Waals surface area contributed by atoms with Crippen LogP contribution < -0.4 is 0 Å². The summed E-state index contributed by atoms with van der Waals surface area (Å²) in [6.45, 7) is 0. The second-order valence-electron chi connectivity index (χ2n) is 2.23. The van der Waals surface area contributed by atoms with Gasteiger partial charge in [0, 0.05) is 6.42 Å². The standard InChI is InChI=1S/C6H10OS/c7-5-3-1-2-4-6(5)8/h6,8H,1-4H2. The molecule has 0 saturated heterocycles.